The Hall–Kier alpha value is -0.890. The lowest BCUT2D eigenvalue weighted by atomic mass is 10.0. The molecule has 0 spiro atoms. The molecular formula is C11H16N2. The normalized spacial score (nSPS) is 18.5. The van der Waals surface area contributed by atoms with Crippen molar-refractivity contribution in [2.24, 2.45) is 11.7 Å². The van der Waals surface area contributed by atoms with Gasteiger partial charge in [-0.3, -0.25) is 4.98 Å². The predicted molar refractivity (Wildman–Crippen MR) is 53.3 cm³/mol. The first-order chi connectivity index (χ1) is 6.36. The van der Waals surface area contributed by atoms with Gasteiger partial charge in [-0.05, 0) is 49.3 Å². The van der Waals surface area contributed by atoms with Gasteiger partial charge in [0.1, 0.15) is 0 Å². The van der Waals surface area contributed by atoms with Crippen LogP contribution < -0.4 is 5.73 Å². The Morgan fingerprint density at radius 2 is 2.08 bits per heavy atom. The number of hydrogen-bond acceptors (Lipinski definition) is 2. The zero-order valence-electron chi connectivity index (χ0n) is 7.82. The van der Waals surface area contributed by atoms with Crippen molar-refractivity contribution in [1.29, 1.82) is 0 Å². The Labute approximate surface area is 79.2 Å². The van der Waals surface area contributed by atoms with Crippen molar-refractivity contribution in [3.63, 3.8) is 0 Å². The Morgan fingerprint density at radius 1 is 1.38 bits per heavy atom. The first-order valence-corrected chi connectivity index (χ1v) is 5.01. The first kappa shape index (κ1) is 8.70. The van der Waals surface area contributed by atoms with E-state index < -0.39 is 0 Å². The van der Waals surface area contributed by atoms with Gasteiger partial charge in [-0.25, -0.2) is 0 Å². The van der Waals surface area contributed by atoms with Gasteiger partial charge in [-0.1, -0.05) is 0 Å². The Balaban J connectivity index is 1.78. The molecule has 1 unspecified atom stereocenters. The van der Waals surface area contributed by atoms with Crippen molar-refractivity contribution in [2.75, 3.05) is 0 Å². The summed E-state index contributed by atoms with van der Waals surface area (Å²) in [5, 5.41) is 0. The summed E-state index contributed by atoms with van der Waals surface area (Å²) in [4.78, 5) is 3.99. The third-order valence-electron chi connectivity index (χ3n) is 2.74. The molecule has 0 aromatic carbocycles. The van der Waals surface area contributed by atoms with Gasteiger partial charge in [0.25, 0.3) is 0 Å². The maximum Gasteiger partial charge on any atom is 0.0270 e. The molecule has 1 aromatic rings. The highest BCUT2D eigenvalue weighted by Gasteiger charge is 2.27. The van der Waals surface area contributed by atoms with Gasteiger partial charge < -0.3 is 5.73 Å². The molecule has 0 radical (unpaired) electrons. The largest absolute Gasteiger partial charge is 0.327 e. The molecule has 0 aliphatic heterocycles. The van der Waals surface area contributed by atoms with Gasteiger partial charge in [-0.15, -0.1) is 0 Å². The molecule has 70 valence electrons. The molecule has 2 N–H and O–H groups in total. The molecule has 0 saturated heterocycles. The van der Waals surface area contributed by atoms with Crippen molar-refractivity contribution >= 4 is 0 Å². The van der Waals surface area contributed by atoms with Crippen LogP contribution in [0.1, 0.15) is 24.8 Å². The lowest BCUT2D eigenvalue weighted by molar-refractivity contribution is 0.550. The molecule has 1 aliphatic carbocycles. The average Bonchev–Trinajstić information content (AvgIpc) is 2.99. The van der Waals surface area contributed by atoms with Crippen LogP contribution >= 0.6 is 0 Å². The van der Waals surface area contributed by atoms with E-state index in [2.05, 4.69) is 17.1 Å². The topological polar surface area (TPSA) is 38.9 Å². The third-order valence-corrected chi connectivity index (χ3v) is 2.74. The lowest BCUT2D eigenvalue weighted by Gasteiger charge is -2.09. The number of aryl methyl sites for hydroxylation is 1. The fourth-order valence-corrected chi connectivity index (χ4v) is 1.64. The second-order valence-electron chi connectivity index (χ2n) is 3.90. The standard InChI is InChI=1S/C11H16N2/c12-11(10-2-3-10)4-1-9-5-7-13-8-6-9/h5-8,10-11H,1-4,12H2. The maximum absolute atomic E-state index is 6.01. The second-order valence-corrected chi connectivity index (χ2v) is 3.90. The van der Waals surface area contributed by atoms with Crippen LogP contribution in [0.5, 0.6) is 0 Å². The number of rotatable bonds is 4. The molecule has 1 aliphatic rings. The summed E-state index contributed by atoms with van der Waals surface area (Å²) < 4.78 is 0. The van der Waals surface area contributed by atoms with E-state index in [1.807, 2.05) is 12.4 Å². The Bertz CT molecular complexity index is 254. The molecule has 2 heteroatoms. The summed E-state index contributed by atoms with van der Waals surface area (Å²) in [7, 11) is 0. The van der Waals surface area contributed by atoms with E-state index in [4.69, 9.17) is 5.73 Å². The van der Waals surface area contributed by atoms with Gasteiger partial charge in [0.05, 0.1) is 0 Å². The lowest BCUT2D eigenvalue weighted by Crippen LogP contribution is -2.22. The fourth-order valence-electron chi connectivity index (χ4n) is 1.64. The van der Waals surface area contributed by atoms with E-state index in [0.717, 1.165) is 18.8 Å². The summed E-state index contributed by atoms with van der Waals surface area (Å²) in [6.45, 7) is 0. The van der Waals surface area contributed by atoms with E-state index in [9.17, 15) is 0 Å². The minimum Gasteiger partial charge on any atom is -0.327 e. The Morgan fingerprint density at radius 3 is 2.69 bits per heavy atom. The van der Waals surface area contributed by atoms with Crippen molar-refractivity contribution < 1.29 is 0 Å². The summed E-state index contributed by atoms with van der Waals surface area (Å²) >= 11 is 0. The molecule has 1 aromatic heterocycles. The van der Waals surface area contributed by atoms with Gasteiger partial charge in [-0.2, -0.15) is 0 Å². The molecular weight excluding hydrogens is 160 g/mol. The highest BCUT2D eigenvalue weighted by Crippen LogP contribution is 2.33. The zero-order chi connectivity index (χ0) is 9.10. The molecule has 1 heterocycles. The van der Waals surface area contributed by atoms with Crippen LogP contribution in [0.3, 0.4) is 0 Å². The van der Waals surface area contributed by atoms with Crippen LogP contribution in [0.4, 0.5) is 0 Å². The molecule has 2 rings (SSSR count). The van der Waals surface area contributed by atoms with E-state index in [1.54, 1.807) is 0 Å². The van der Waals surface area contributed by atoms with E-state index in [0.29, 0.717) is 6.04 Å². The number of aromatic nitrogens is 1. The van der Waals surface area contributed by atoms with Crippen molar-refractivity contribution in [3.8, 4) is 0 Å². The Kier molecular flexibility index (Phi) is 2.60. The molecule has 0 bridgehead atoms. The van der Waals surface area contributed by atoms with Gasteiger partial charge in [0, 0.05) is 18.4 Å². The third kappa shape index (κ3) is 2.52. The summed E-state index contributed by atoms with van der Waals surface area (Å²) in [6.07, 6.45) is 8.60. The maximum atomic E-state index is 6.01. The van der Waals surface area contributed by atoms with Gasteiger partial charge in [0.15, 0.2) is 0 Å². The minimum absolute atomic E-state index is 0.424. The summed E-state index contributed by atoms with van der Waals surface area (Å²) in [6, 6.07) is 4.56. The quantitative estimate of drug-likeness (QED) is 0.759. The molecule has 1 saturated carbocycles. The highest BCUT2D eigenvalue weighted by molar-refractivity contribution is 5.10. The zero-order valence-corrected chi connectivity index (χ0v) is 7.82. The van der Waals surface area contributed by atoms with Crippen LogP contribution in [0.15, 0.2) is 24.5 Å². The number of nitrogens with two attached hydrogens (primary N) is 1. The van der Waals surface area contributed by atoms with Gasteiger partial charge in [0.2, 0.25) is 0 Å². The molecule has 1 atom stereocenters. The molecule has 1 fully saturated rings. The van der Waals surface area contributed by atoms with Crippen LogP contribution in [0, 0.1) is 5.92 Å². The molecule has 0 amide bonds. The van der Waals surface area contributed by atoms with Crippen molar-refractivity contribution in [3.05, 3.63) is 30.1 Å². The fraction of sp³-hybridized carbons (Fsp3) is 0.545. The van der Waals surface area contributed by atoms with E-state index in [-0.39, 0.29) is 0 Å². The van der Waals surface area contributed by atoms with Crippen LogP contribution in [-0.2, 0) is 6.42 Å². The summed E-state index contributed by atoms with van der Waals surface area (Å²) in [5.41, 5.74) is 7.36. The molecule has 2 nitrogen and oxygen atoms in total. The number of pyridine rings is 1. The van der Waals surface area contributed by atoms with Crippen LogP contribution in [-0.4, -0.2) is 11.0 Å². The summed E-state index contributed by atoms with van der Waals surface area (Å²) in [5.74, 6) is 0.821. The monoisotopic (exact) mass is 176 g/mol. The van der Waals surface area contributed by atoms with Crippen molar-refractivity contribution in [2.45, 2.75) is 31.7 Å². The average molecular weight is 176 g/mol. The minimum atomic E-state index is 0.424. The van der Waals surface area contributed by atoms with Gasteiger partial charge >= 0.3 is 0 Å². The van der Waals surface area contributed by atoms with Crippen molar-refractivity contribution in [1.82, 2.24) is 4.98 Å². The first-order valence-electron chi connectivity index (χ1n) is 5.01. The molecule has 13 heavy (non-hydrogen) atoms. The van der Waals surface area contributed by atoms with E-state index >= 15 is 0 Å². The van der Waals surface area contributed by atoms with E-state index in [1.165, 1.54) is 18.4 Å². The van der Waals surface area contributed by atoms with Crippen LogP contribution in [0.25, 0.3) is 0 Å². The SMILES string of the molecule is NC(CCc1ccncc1)C1CC1. The predicted octanol–water partition coefficient (Wildman–Crippen LogP) is 1.75. The smallest absolute Gasteiger partial charge is 0.0270 e. The number of nitrogens with zero attached hydrogens (tertiary/aromatic N) is 1. The van der Waals surface area contributed by atoms with Crippen LogP contribution in [0.2, 0.25) is 0 Å². The second kappa shape index (κ2) is 3.88. The highest BCUT2D eigenvalue weighted by atomic mass is 14.7. The number of hydrogen-bond donors (Lipinski definition) is 1.